The van der Waals surface area contributed by atoms with Crippen molar-refractivity contribution in [3.63, 3.8) is 0 Å². The van der Waals surface area contributed by atoms with E-state index >= 15 is 0 Å². The number of amides is 1. The maximum atomic E-state index is 13.7. The number of anilines is 1. The van der Waals surface area contributed by atoms with Crippen molar-refractivity contribution in [2.45, 2.75) is 11.0 Å². The van der Waals surface area contributed by atoms with Crippen LogP contribution in [-0.2, 0) is 14.8 Å². The Kier molecular flexibility index (Phi) is 4.85. The predicted molar refractivity (Wildman–Crippen MR) is 68.9 cm³/mol. The molecule has 7 nitrogen and oxygen atoms in total. The number of benzene rings is 1. The van der Waals surface area contributed by atoms with Crippen LogP contribution in [0.25, 0.3) is 0 Å². The fourth-order valence-electron chi connectivity index (χ4n) is 1.15. The summed E-state index contributed by atoms with van der Waals surface area (Å²) >= 11 is 2.82. The van der Waals surface area contributed by atoms with E-state index in [1.54, 1.807) is 0 Å². The Morgan fingerprint density at radius 2 is 2.11 bits per heavy atom. The van der Waals surface area contributed by atoms with Crippen LogP contribution in [0.3, 0.4) is 0 Å². The molecule has 6 N–H and O–H groups in total. The largest absolute Gasteiger partial charge is 0.399 e. The molecule has 19 heavy (non-hydrogen) atoms. The maximum absolute atomic E-state index is 13.7. The Hall–Kier alpha value is -1.23. The minimum absolute atomic E-state index is 0.0316. The van der Waals surface area contributed by atoms with E-state index < -0.39 is 39.3 Å². The van der Waals surface area contributed by atoms with Gasteiger partial charge in [0.05, 0.1) is 4.47 Å². The van der Waals surface area contributed by atoms with Crippen LogP contribution < -0.4 is 16.2 Å². The third-order valence-electron chi connectivity index (χ3n) is 2.10. The lowest BCUT2D eigenvalue weighted by atomic mass is 10.3. The van der Waals surface area contributed by atoms with Crippen LogP contribution in [-0.4, -0.2) is 32.1 Å². The summed E-state index contributed by atoms with van der Waals surface area (Å²) in [6.45, 7) is -0.663. The molecular formula is C9H11BrFN3O4S. The lowest BCUT2D eigenvalue weighted by Gasteiger charge is -2.11. The Morgan fingerprint density at radius 1 is 1.53 bits per heavy atom. The van der Waals surface area contributed by atoms with Gasteiger partial charge in [0.2, 0.25) is 15.9 Å². The van der Waals surface area contributed by atoms with Gasteiger partial charge in [0, 0.05) is 12.2 Å². The zero-order valence-corrected chi connectivity index (χ0v) is 11.8. The van der Waals surface area contributed by atoms with E-state index in [2.05, 4.69) is 15.9 Å². The van der Waals surface area contributed by atoms with Crippen LogP contribution in [0.15, 0.2) is 21.5 Å². The Balaban J connectivity index is 3.05. The Labute approximate surface area is 117 Å². The molecule has 0 radical (unpaired) electrons. The number of rotatable bonds is 5. The molecule has 106 valence electrons. The van der Waals surface area contributed by atoms with Crippen molar-refractivity contribution in [3.8, 4) is 0 Å². The molecule has 1 amide bonds. The molecule has 1 unspecified atom stereocenters. The quantitative estimate of drug-likeness (QED) is 0.517. The smallest absolute Gasteiger partial charge is 0.247 e. The van der Waals surface area contributed by atoms with Gasteiger partial charge in [-0.15, -0.1) is 0 Å². The third kappa shape index (κ3) is 3.86. The van der Waals surface area contributed by atoms with Crippen LogP contribution in [0.4, 0.5) is 10.1 Å². The number of aliphatic hydroxyl groups excluding tert-OH is 1. The van der Waals surface area contributed by atoms with Crippen LogP contribution in [0, 0.1) is 5.82 Å². The van der Waals surface area contributed by atoms with Crippen LogP contribution >= 0.6 is 15.9 Å². The van der Waals surface area contributed by atoms with Crippen molar-refractivity contribution in [2.75, 3.05) is 12.3 Å². The fraction of sp³-hybridized carbons (Fsp3) is 0.222. The highest BCUT2D eigenvalue weighted by molar-refractivity contribution is 9.10. The highest BCUT2D eigenvalue weighted by Crippen LogP contribution is 2.25. The Morgan fingerprint density at radius 3 is 2.63 bits per heavy atom. The zero-order valence-electron chi connectivity index (χ0n) is 9.43. The van der Waals surface area contributed by atoms with E-state index in [1.807, 2.05) is 4.72 Å². The van der Waals surface area contributed by atoms with Crippen LogP contribution in [0.1, 0.15) is 0 Å². The number of sulfonamides is 1. The highest BCUT2D eigenvalue weighted by atomic mass is 79.9. The summed E-state index contributed by atoms with van der Waals surface area (Å²) in [6, 6.07) is 2.12. The monoisotopic (exact) mass is 355 g/mol. The summed E-state index contributed by atoms with van der Waals surface area (Å²) in [4.78, 5) is 9.87. The summed E-state index contributed by atoms with van der Waals surface area (Å²) < 4.78 is 39.0. The first-order valence-electron chi connectivity index (χ1n) is 4.86. The van der Waals surface area contributed by atoms with E-state index in [0.29, 0.717) is 0 Å². The normalized spacial score (nSPS) is 13.2. The average Bonchev–Trinajstić information content (AvgIpc) is 2.30. The second-order valence-corrected chi connectivity index (χ2v) is 6.17. The highest BCUT2D eigenvalue weighted by Gasteiger charge is 2.23. The molecule has 0 aliphatic heterocycles. The first-order chi connectivity index (χ1) is 8.65. The summed E-state index contributed by atoms with van der Waals surface area (Å²) in [5.74, 6) is -2.13. The second-order valence-electron chi connectivity index (χ2n) is 3.58. The molecule has 1 atom stereocenters. The van der Waals surface area contributed by atoms with Crippen molar-refractivity contribution < 1.29 is 22.7 Å². The minimum atomic E-state index is -4.27. The molecule has 0 spiro atoms. The number of nitrogens with one attached hydrogen (secondary N) is 1. The van der Waals surface area contributed by atoms with E-state index in [-0.39, 0.29) is 10.2 Å². The Bertz CT molecular complexity index is 608. The van der Waals surface area contributed by atoms with Gasteiger partial charge in [-0.2, -0.15) is 0 Å². The number of hydrogen-bond acceptors (Lipinski definition) is 5. The lowest BCUT2D eigenvalue weighted by Crippen LogP contribution is -2.40. The molecule has 0 aliphatic rings. The van der Waals surface area contributed by atoms with E-state index in [9.17, 15) is 17.6 Å². The SMILES string of the molecule is NC(=O)C(O)CNS(=O)(=O)c1cc(N)cc(Br)c1F. The molecule has 0 saturated carbocycles. The molecule has 0 heterocycles. The number of nitrogens with two attached hydrogens (primary N) is 2. The van der Waals surface area contributed by atoms with Gasteiger partial charge in [-0.3, -0.25) is 4.79 Å². The molecular weight excluding hydrogens is 345 g/mol. The molecule has 0 saturated heterocycles. The molecule has 0 aliphatic carbocycles. The molecule has 0 fully saturated rings. The predicted octanol–water partition coefficient (Wildman–Crippen LogP) is -0.705. The van der Waals surface area contributed by atoms with Gasteiger partial charge in [0.15, 0.2) is 5.82 Å². The standard InChI is InChI=1S/C9H11BrFN3O4S/c10-5-1-4(12)2-7(8(5)11)19(17,18)14-3-6(15)9(13)16/h1-2,6,14-15H,3,12H2,(H2,13,16). The van der Waals surface area contributed by atoms with Gasteiger partial charge in [0.25, 0.3) is 0 Å². The first kappa shape index (κ1) is 15.8. The summed E-state index contributed by atoms with van der Waals surface area (Å²) in [5, 5.41) is 9.09. The first-order valence-corrected chi connectivity index (χ1v) is 7.14. The van der Waals surface area contributed by atoms with E-state index in [0.717, 1.165) is 6.07 Å². The molecule has 0 aromatic heterocycles. The van der Waals surface area contributed by atoms with Crippen LogP contribution in [0.5, 0.6) is 0 Å². The van der Waals surface area contributed by atoms with E-state index in [4.69, 9.17) is 16.6 Å². The number of nitrogen functional groups attached to an aromatic ring is 1. The van der Waals surface area contributed by atoms with Gasteiger partial charge in [-0.05, 0) is 28.1 Å². The number of halogens is 2. The van der Waals surface area contributed by atoms with Crippen molar-refractivity contribution in [1.29, 1.82) is 0 Å². The second kappa shape index (κ2) is 5.82. The summed E-state index contributed by atoms with van der Waals surface area (Å²) in [6.07, 6.45) is -1.71. The van der Waals surface area contributed by atoms with Crippen molar-refractivity contribution in [2.24, 2.45) is 5.73 Å². The molecule has 1 aromatic rings. The minimum Gasteiger partial charge on any atom is -0.399 e. The zero-order chi connectivity index (χ0) is 14.8. The maximum Gasteiger partial charge on any atom is 0.247 e. The van der Waals surface area contributed by atoms with Crippen molar-refractivity contribution in [1.82, 2.24) is 4.72 Å². The average molecular weight is 356 g/mol. The van der Waals surface area contributed by atoms with Gasteiger partial charge in [-0.25, -0.2) is 17.5 Å². The van der Waals surface area contributed by atoms with Gasteiger partial charge >= 0.3 is 0 Å². The van der Waals surface area contributed by atoms with Gasteiger partial charge < -0.3 is 16.6 Å². The van der Waals surface area contributed by atoms with Gasteiger partial charge in [-0.1, -0.05) is 0 Å². The molecule has 10 heteroatoms. The molecule has 1 aromatic carbocycles. The van der Waals surface area contributed by atoms with Gasteiger partial charge in [0.1, 0.15) is 11.0 Å². The third-order valence-corrected chi connectivity index (χ3v) is 4.10. The summed E-state index contributed by atoms with van der Waals surface area (Å²) in [7, 11) is -4.27. The van der Waals surface area contributed by atoms with Crippen molar-refractivity contribution >= 4 is 37.5 Å². The number of aliphatic hydroxyl groups is 1. The summed E-state index contributed by atoms with van der Waals surface area (Å²) in [5.41, 5.74) is 10.2. The van der Waals surface area contributed by atoms with Crippen molar-refractivity contribution in [3.05, 3.63) is 22.4 Å². The van der Waals surface area contributed by atoms with Crippen LogP contribution in [0.2, 0.25) is 0 Å². The number of primary amides is 1. The number of carbonyl (C=O) groups excluding carboxylic acids is 1. The lowest BCUT2D eigenvalue weighted by molar-refractivity contribution is -0.125. The fourth-order valence-corrected chi connectivity index (χ4v) is 2.93. The topological polar surface area (TPSA) is 136 Å². The number of carbonyl (C=O) groups is 1. The molecule has 0 bridgehead atoms. The number of hydrogen-bond donors (Lipinski definition) is 4. The molecule has 1 rings (SSSR count). The van der Waals surface area contributed by atoms with E-state index in [1.165, 1.54) is 6.07 Å².